The van der Waals surface area contributed by atoms with Gasteiger partial charge >= 0.3 is 0 Å². The van der Waals surface area contributed by atoms with Gasteiger partial charge in [0.1, 0.15) is 0 Å². The van der Waals surface area contributed by atoms with Gasteiger partial charge in [-0.15, -0.1) is 0 Å². The molecule has 0 aliphatic carbocycles. The number of carbonyl (C=O) groups excluding carboxylic acids is 2. The molecule has 5 nitrogen and oxygen atoms in total. The molecule has 2 aliphatic heterocycles. The molecule has 2 amide bonds. The molecule has 1 saturated heterocycles. The van der Waals surface area contributed by atoms with Crippen molar-refractivity contribution < 1.29 is 9.59 Å². The van der Waals surface area contributed by atoms with E-state index in [1.165, 1.54) is 0 Å². The highest BCUT2D eigenvalue weighted by Crippen LogP contribution is 2.45. The van der Waals surface area contributed by atoms with E-state index in [0.29, 0.717) is 13.0 Å². The molecular weight excluding hydrogens is 350 g/mol. The van der Waals surface area contributed by atoms with Crippen molar-refractivity contribution in [2.75, 3.05) is 38.1 Å². The van der Waals surface area contributed by atoms with E-state index in [4.69, 9.17) is 0 Å². The number of anilines is 1. The van der Waals surface area contributed by atoms with Gasteiger partial charge in [-0.3, -0.25) is 9.59 Å². The molecule has 2 aromatic rings. The number of carbonyl (C=O) groups is 2. The number of likely N-dealkylation sites (N-methyl/N-ethyl adjacent to an activating group) is 1. The van der Waals surface area contributed by atoms with Crippen molar-refractivity contribution in [1.29, 1.82) is 0 Å². The van der Waals surface area contributed by atoms with E-state index < -0.39 is 5.41 Å². The number of hydrogen-bond donors (Lipinski definition) is 1. The fraction of sp³-hybridized carbons (Fsp3) is 0.391. The predicted molar refractivity (Wildman–Crippen MR) is 110 cm³/mol. The number of rotatable bonds is 4. The maximum atomic E-state index is 13.5. The second kappa shape index (κ2) is 7.76. The van der Waals surface area contributed by atoms with Gasteiger partial charge in [0, 0.05) is 38.8 Å². The van der Waals surface area contributed by atoms with Gasteiger partial charge in [0.15, 0.2) is 0 Å². The molecule has 5 heteroatoms. The highest BCUT2D eigenvalue weighted by Gasteiger charge is 2.51. The van der Waals surface area contributed by atoms with Gasteiger partial charge in [-0.25, -0.2) is 0 Å². The fourth-order valence-corrected chi connectivity index (χ4v) is 4.53. The third-order valence-electron chi connectivity index (χ3n) is 5.99. The van der Waals surface area contributed by atoms with Crippen LogP contribution in [0.4, 0.5) is 5.69 Å². The average molecular weight is 377 g/mol. The lowest BCUT2D eigenvalue weighted by Crippen LogP contribution is -2.46. The van der Waals surface area contributed by atoms with Gasteiger partial charge in [-0.1, -0.05) is 48.5 Å². The summed E-state index contributed by atoms with van der Waals surface area (Å²) >= 11 is 0. The van der Waals surface area contributed by atoms with Crippen LogP contribution < -0.4 is 10.2 Å². The van der Waals surface area contributed by atoms with E-state index in [1.54, 1.807) is 4.90 Å². The molecule has 0 saturated carbocycles. The quantitative estimate of drug-likeness (QED) is 0.890. The molecule has 1 atom stereocenters. The summed E-state index contributed by atoms with van der Waals surface area (Å²) in [5.74, 6) is 0.0805. The number of hydrogen-bond acceptors (Lipinski definition) is 3. The summed E-state index contributed by atoms with van der Waals surface area (Å²) in [6, 6.07) is 17.9. The zero-order valence-electron chi connectivity index (χ0n) is 16.4. The summed E-state index contributed by atoms with van der Waals surface area (Å²) < 4.78 is 0. The van der Waals surface area contributed by atoms with Crippen LogP contribution in [0.3, 0.4) is 0 Å². The molecule has 1 fully saturated rings. The van der Waals surface area contributed by atoms with Crippen LogP contribution in [0.25, 0.3) is 0 Å². The molecule has 28 heavy (non-hydrogen) atoms. The number of nitrogens with one attached hydrogen (secondary N) is 1. The summed E-state index contributed by atoms with van der Waals surface area (Å²) in [6.45, 7) is 3.19. The second-order valence-electron chi connectivity index (χ2n) is 7.79. The van der Waals surface area contributed by atoms with Gasteiger partial charge < -0.3 is 15.1 Å². The van der Waals surface area contributed by atoms with E-state index in [1.807, 2.05) is 66.5 Å². The molecule has 2 aliphatic rings. The summed E-state index contributed by atoms with van der Waals surface area (Å²) in [5, 5.41) is 3.34. The molecule has 0 radical (unpaired) electrons. The highest BCUT2D eigenvalue weighted by atomic mass is 16.2. The molecule has 0 spiro atoms. The van der Waals surface area contributed by atoms with E-state index in [-0.39, 0.29) is 18.2 Å². The topological polar surface area (TPSA) is 52.7 Å². The molecule has 0 bridgehead atoms. The summed E-state index contributed by atoms with van der Waals surface area (Å²) in [6.07, 6.45) is 1.69. The Morgan fingerprint density at radius 2 is 1.79 bits per heavy atom. The Morgan fingerprint density at radius 3 is 2.61 bits per heavy atom. The van der Waals surface area contributed by atoms with Gasteiger partial charge in [-0.2, -0.15) is 0 Å². The Bertz CT molecular complexity index is 859. The van der Waals surface area contributed by atoms with Crippen molar-refractivity contribution in [2.45, 2.75) is 24.7 Å². The van der Waals surface area contributed by atoms with Crippen LogP contribution in [-0.4, -0.2) is 49.9 Å². The lowest BCUT2D eigenvalue weighted by Gasteiger charge is -2.31. The summed E-state index contributed by atoms with van der Waals surface area (Å²) in [5.41, 5.74) is 2.11. The molecule has 0 aromatic heterocycles. The van der Waals surface area contributed by atoms with Crippen molar-refractivity contribution >= 4 is 17.5 Å². The molecular formula is C23H27N3O2. The minimum Gasteiger partial charge on any atom is -0.341 e. The van der Waals surface area contributed by atoms with Crippen LogP contribution in [-0.2, 0) is 21.4 Å². The Morgan fingerprint density at radius 1 is 1.04 bits per heavy atom. The lowest BCUT2D eigenvalue weighted by atomic mass is 9.73. The van der Waals surface area contributed by atoms with Crippen molar-refractivity contribution in [3.63, 3.8) is 0 Å². The highest BCUT2D eigenvalue weighted by molar-refractivity contribution is 6.09. The van der Waals surface area contributed by atoms with E-state index in [0.717, 1.165) is 42.9 Å². The number of benzene rings is 2. The zero-order chi connectivity index (χ0) is 19.6. The average Bonchev–Trinajstić information content (AvgIpc) is 2.93. The van der Waals surface area contributed by atoms with Crippen molar-refractivity contribution in [3.05, 3.63) is 65.7 Å². The monoisotopic (exact) mass is 377 g/mol. The van der Waals surface area contributed by atoms with Gasteiger partial charge in [0.05, 0.1) is 5.41 Å². The van der Waals surface area contributed by atoms with Crippen LogP contribution in [0.5, 0.6) is 0 Å². The van der Waals surface area contributed by atoms with Crippen LogP contribution in [0, 0.1) is 0 Å². The van der Waals surface area contributed by atoms with Crippen LogP contribution in [0.15, 0.2) is 54.6 Å². The Hall–Kier alpha value is -2.66. The van der Waals surface area contributed by atoms with E-state index in [2.05, 4.69) is 5.32 Å². The summed E-state index contributed by atoms with van der Waals surface area (Å²) in [4.78, 5) is 30.4. The lowest BCUT2D eigenvalue weighted by molar-refractivity contribution is -0.136. The van der Waals surface area contributed by atoms with Crippen molar-refractivity contribution in [3.8, 4) is 0 Å². The SMILES string of the molecule is CN1C(=O)C(CC(=O)N2CCCNCC2)(Cc2ccccc2)c2ccccc21. The molecule has 1 unspecified atom stereocenters. The van der Waals surface area contributed by atoms with Crippen LogP contribution in [0.2, 0.25) is 0 Å². The van der Waals surface area contributed by atoms with Gasteiger partial charge in [0.25, 0.3) is 0 Å². The normalized spacial score (nSPS) is 22.1. The van der Waals surface area contributed by atoms with E-state index in [9.17, 15) is 9.59 Å². The first kappa shape index (κ1) is 18.7. The van der Waals surface area contributed by atoms with Gasteiger partial charge in [0.2, 0.25) is 11.8 Å². The van der Waals surface area contributed by atoms with Gasteiger partial charge in [-0.05, 0) is 36.6 Å². The second-order valence-corrected chi connectivity index (χ2v) is 7.79. The van der Waals surface area contributed by atoms with E-state index >= 15 is 0 Å². The first-order chi connectivity index (χ1) is 13.6. The number of nitrogens with zero attached hydrogens (tertiary/aromatic N) is 2. The zero-order valence-corrected chi connectivity index (χ0v) is 16.4. The Kier molecular flexibility index (Phi) is 5.18. The first-order valence-electron chi connectivity index (χ1n) is 10.0. The molecule has 1 N–H and O–H groups in total. The molecule has 2 aromatic carbocycles. The summed E-state index contributed by atoms with van der Waals surface area (Å²) in [7, 11) is 1.81. The molecule has 4 rings (SSSR count). The van der Waals surface area contributed by atoms with Crippen molar-refractivity contribution in [1.82, 2.24) is 10.2 Å². The molecule has 146 valence electrons. The maximum absolute atomic E-state index is 13.5. The predicted octanol–water partition coefficient (Wildman–Crippen LogP) is 2.36. The fourth-order valence-electron chi connectivity index (χ4n) is 4.53. The largest absolute Gasteiger partial charge is 0.341 e. The maximum Gasteiger partial charge on any atom is 0.238 e. The van der Waals surface area contributed by atoms with Crippen molar-refractivity contribution in [2.24, 2.45) is 0 Å². The first-order valence-corrected chi connectivity index (χ1v) is 10.0. The smallest absolute Gasteiger partial charge is 0.238 e. The number of fused-ring (bicyclic) bond motifs is 1. The Labute approximate surface area is 166 Å². The third kappa shape index (κ3) is 3.31. The number of para-hydroxylation sites is 1. The third-order valence-corrected chi connectivity index (χ3v) is 5.99. The van der Waals surface area contributed by atoms with Crippen LogP contribution in [0.1, 0.15) is 24.0 Å². The molecule has 2 heterocycles. The Balaban J connectivity index is 1.72. The number of amides is 2. The van der Waals surface area contributed by atoms with Crippen LogP contribution >= 0.6 is 0 Å². The minimum absolute atomic E-state index is 0.0128. The standard InChI is InChI=1S/C23H27N3O2/c1-25-20-11-6-5-10-19(20)23(22(25)28,16-18-8-3-2-4-9-18)17-21(27)26-14-7-12-24-13-15-26/h2-6,8-11,24H,7,12-17H2,1H3. The minimum atomic E-state index is -0.844.